The van der Waals surface area contributed by atoms with Crippen molar-refractivity contribution >= 4 is 34.8 Å². The number of para-hydroxylation sites is 1. The van der Waals surface area contributed by atoms with Crippen molar-refractivity contribution in [2.24, 2.45) is 0 Å². The Kier molecular flexibility index (Phi) is 5.53. The van der Waals surface area contributed by atoms with Crippen LogP contribution < -0.4 is 21.5 Å². The molecule has 12 heteroatoms. The molecule has 0 aliphatic carbocycles. The molecule has 0 spiro atoms. The second kappa shape index (κ2) is 8.82. The number of aromatic nitrogens is 4. The number of phenolic OH excluding ortho intramolecular Hbond substituents is 2. The third-order valence-corrected chi connectivity index (χ3v) is 5.82. The predicted octanol–water partition coefficient (Wildman–Crippen LogP) is 0.902. The molecule has 1 aliphatic heterocycles. The van der Waals surface area contributed by atoms with Gasteiger partial charge in [0.15, 0.2) is 5.65 Å². The van der Waals surface area contributed by atoms with E-state index in [1.165, 1.54) is 24.4 Å². The molecule has 3 heterocycles. The number of anilines is 3. The minimum Gasteiger partial charge on any atom is -0.506 e. The maximum atomic E-state index is 12.9. The van der Waals surface area contributed by atoms with Gasteiger partial charge in [0.05, 0.1) is 0 Å². The normalized spacial score (nSPS) is 13.7. The van der Waals surface area contributed by atoms with Crippen LogP contribution in [0.25, 0.3) is 16.7 Å². The Morgan fingerprint density at radius 3 is 2.31 bits per heavy atom. The van der Waals surface area contributed by atoms with Crippen molar-refractivity contribution in [1.82, 2.24) is 24.4 Å². The second-order valence-electron chi connectivity index (χ2n) is 7.97. The van der Waals surface area contributed by atoms with Crippen molar-refractivity contribution in [1.29, 1.82) is 0 Å². The fourth-order valence-electron chi connectivity index (χ4n) is 3.99. The third kappa shape index (κ3) is 4.12. The molecule has 1 saturated heterocycles. The first kappa shape index (κ1) is 21.9. The quantitative estimate of drug-likeness (QED) is 0.308. The van der Waals surface area contributed by atoms with Gasteiger partial charge in [-0.3, -0.25) is 14.6 Å². The number of piperazine rings is 1. The number of hydrogen-bond donors (Lipinski definition) is 4. The summed E-state index contributed by atoms with van der Waals surface area (Å²) in [5.74, 6) is -0.682. The lowest BCUT2D eigenvalue weighted by atomic mass is 10.2. The van der Waals surface area contributed by atoms with Crippen molar-refractivity contribution in [3.05, 3.63) is 69.5 Å². The molecule has 0 unspecified atom stereocenters. The van der Waals surface area contributed by atoms with Crippen molar-refractivity contribution < 1.29 is 15.0 Å². The first-order chi connectivity index (χ1) is 16.9. The summed E-state index contributed by atoms with van der Waals surface area (Å²) in [7, 11) is 0. The highest BCUT2D eigenvalue weighted by atomic mass is 16.3. The standard InChI is InChI=1S/C23H21N7O5/c31-13-28-8-10-29(11-9-28)15-6-4-14(5-7-15)25-22-24-12-16-20(26-22)27-23(35)30(21(16)34)19-17(32)2-1-3-18(19)33/h1-7,12-13,32-33H,8-11H2,(H2,24,25,26,27,35). The summed E-state index contributed by atoms with van der Waals surface area (Å²) in [6, 6.07) is 11.5. The Labute approximate surface area is 197 Å². The number of nitrogens with one attached hydrogen (secondary N) is 2. The van der Waals surface area contributed by atoms with Crippen LogP contribution in [0.1, 0.15) is 0 Å². The molecule has 178 valence electrons. The van der Waals surface area contributed by atoms with E-state index in [2.05, 4.69) is 25.2 Å². The number of carbonyl (C=O) groups excluding carboxylic acids is 1. The molecule has 1 amide bonds. The predicted molar refractivity (Wildman–Crippen MR) is 129 cm³/mol. The molecule has 35 heavy (non-hydrogen) atoms. The zero-order chi connectivity index (χ0) is 24.5. The molecule has 1 fully saturated rings. The molecule has 0 atom stereocenters. The van der Waals surface area contributed by atoms with Gasteiger partial charge in [0.1, 0.15) is 22.6 Å². The molecule has 0 saturated carbocycles. The monoisotopic (exact) mass is 475 g/mol. The Balaban J connectivity index is 1.40. The highest BCUT2D eigenvalue weighted by Gasteiger charge is 2.18. The fraction of sp³-hybridized carbons (Fsp3) is 0.174. The number of H-pyrrole nitrogens is 1. The SMILES string of the molecule is O=CN1CCN(c2ccc(Nc3ncc4c(=O)n(-c5c(O)cccc5O)c(=O)[nH]c4n3)cc2)CC1. The van der Waals surface area contributed by atoms with Gasteiger partial charge in [0.2, 0.25) is 12.4 Å². The topological polar surface area (TPSA) is 157 Å². The van der Waals surface area contributed by atoms with Crippen LogP contribution in [-0.2, 0) is 4.79 Å². The van der Waals surface area contributed by atoms with E-state index in [-0.39, 0.29) is 22.7 Å². The minimum atomic E-state index is -0.872. The van der Waals surface area contributed by atoms with Crippen molar-refractivity contribution in [3.8, 4) is 17.2 Å². The molecule has 2 aromatic carbocycles. The molecule has 4 aromatic rings. The van der Waals surface area contributed by atoms with E-state index < -0.39 is 22.7 Å². The van der Waals surface area contributed by atoms with Crippen LogP contribution in [0.5, 0.6) is 11.5 Å². The summed E-state index contributed by atoms with van der Waals surface area (Å²) in [6.45, 7) is 2.86. The van der Waals surface area contributed by atoms with Crippen LogP contribution in [0.4, 0.5) is 17.3 Å². The molecule has 2 aromatic heterocycles. The van der Waals surface area contributed by atoms with E-state index in [0.717, 1.165) is 25.2 Å². The first-order valence-corrected chi connectivity index (χ1v) is 10.8. The number of aromatic amines is 1. The summed E-state index contributed by atoms with van der Waals surface area (Å²) in [5, 5.41) is 23.2. The summed E-state index contributed by atoms with van der Waals surface area (Å²) in [6.07, 6.45) is 2.13. The summed E-state index contributed by atoms with van der Waals surface area (Å²) >= 11 is 0. The van der Waals surface area contributed by atoms with E-state index in [1.807, 2.05) is 24.3 Å². The number of fused-ring (bicyclic) bond motifs is 1. The molecule has 5 rings (SSSR count). The van der Waals surface area contributed by atoms with E-state index >= 15 is 0 Å². The summed E-state index contributed by atoms with van der Waals surface area (Å²) < 4.78 is 0.636. The van der Waals surface area contributed by atoms with Crippen molar-refractivity contribution in [2.45, 2.75) is 0 Å². The highest BCUT2D eigenvalue weighted by Crippen LogP contribution is 2.28. The van der Waals surface area contributed by atoms with E-state index in [4.69, 9.17) is 0 Å². The van der Waals surface area contributed by atoms with Gasteiger partial charge in [-0.15, -0.1) is 0 Å². The number of phenols is 2. The van der Waals surface area contributed by atoms with Crippen LogP contribution in [0, 0.1) is 0 Å². The molecule has 1 aliphatic rings. The first-order valence-electron chi connectivity index (χ1n) is 10.8. The minimum absolute atomic E-state index is 0.00242. The number of nitrogens with zero attached hydrogens (tertiary/aromatic N) is 5. The number of rotatable bonds is 5. The second-order valence-corrected chi connectivity index (χ2v) is 7.97. The van der Waals surface area contributed by atoms with Crippen LogP contribution in [0.3, 0.4) is 0 Å². The van der Waals surface area contributed by atoms with Gasteiger partial charge in [-0.05, 0) is 36.4 Å². The number of amides is 1. The average Bonchev–Trinajstić information content (AvgIpc) is 2.86. The van der Waals surface area contributed by atoms with Gasteiger partial charge < -0.3 is 25.3 Å². The third-order valence-electron chi connectivity index (χ3n) is 5.82. The molecule has 4 N–H and O–H groups in total. The smallest absolute Gasteiger partial charge is 0.334 e. The lowest BCUT2D eigenvalue weighted by Crippen LogP contribution is -2.45. The van der Waals surface area contributed by atoms with Crippen LogP contribution in [0.15, 0.2) is 58.3 Å². The lowest BCUT2D eigenvalue weighted by molar-refractivity contribution is -0.118. The van der Waals surface area contributed by atoms with Gasteiger partial charge >= 0.3 is 5.69 Å². The van der Waals surface area contributed by atoms with Gasteiger partial charge in [-0.1, -0.05) is 6.07 Å². The van der Waals surface area contributed by atoms with Crippen LogP contribution in [-0.4, -0.2) is 67.2 Å². The Morgan fingerprint density at radius 2 is 1.66 bits per heavy atom. The molecule has 0 radical (unpaired) electrons. The van der Waals surface area contributed by atoms with Gasteiger partial charge in [0, 0.05) is 43.8 Å². The van der Waals surface area contributed by atoms with Gasteiger partial charge in [-0.2, -0.15) is 4.98 Å². The van der Waals surface area contributed by atoms with Crippen molar-refractivity contribution in [3.63, 3.8) is 0 Å². The Bertz CT molecular complexity index is 1500. The molecular weight excluding hydrogens is 454 g/mol. The number of aromatic hydroxyl groups is 2. The molecule has 0 bridgehead atoms. The molecule has 12 nitrogen and oxygen atoms in total. The van der Waals surface area contributed by atoms with Gasteiger partial charge in [-0.25, -0.2) is 14.3 Å². The van der Waals surface area contributed by atoms with E-state index in [1.54, 1.807) is 4.90 Å². The van der Waals surface area contributed by atoms with Crippen LogP contribution in [0.2, 0.25) is 0 Å². The Morgan fingerprint density at radius 1 is 0.971 bits per heavy atom. The largest absolute Gasteiger partial charge is 0.506 e. The maximum Gasteiger partial charge on any atom is 0.334 e. The van der Waals surface area contributed by atoms with E-state index in [9.17, 15) is 24.6 Å². The zero-order valence-corrected chi connectivity index (χ0v) is 18.4. The molecular formula is C23H21N7O5. The Hall–Kier alpha value is -4.87. The lowest BCUT2D eigenvalue weighted by Gasteiger charge is -2.34. The highest BCUT2D eigenvalue weighted by molar-refractivity contribution is 5.75. The summed E-state index contributed by atoms with van der Waals surface area (Å²) in [4.78, 5) is 51.3. The fourth-order valence-corrected chi connectivity index (χ4v) is 3.99. The number of hydrogen-bond acceptors (Lipinski definition) is 9. The van der Waals surface area contributed by atoms with E-state index in [0.29, 0.717) is 23.3 Å². The zero-order valence-electron chi connectivity index (χ0n) is 18.4. The van der Waals surface area contributed by atoms with Gasteiger partial charge in [0.25, 0.3) is 5.56 Å². The van der Waals surface area contributed by atoms with Crippen LogP contribution >= 0.6 is 0 Å². The number of benzene rings is 2. The van der Waals surface area contributed by atoms with Crippen molar-refractivity contribution in [2.75, 3.05) is 36.4 Å². The number of carbonyl (C=O) groups is 1. The maximum absolute atomic E-state index is 12.9. The average molecular weight is 475 g/mol. The summed E-state index contributed by atoms with van der Waals surface area (Å²) in [5.41, 5.74) is -0.245.